The van der Waals surface area contributed by atoms with Gasteiger partial charge in [0.25, 0.3) is 0 Å². The average Bonchev–Trinajstić information content (AvgIpc) is 2.52. The molecule has 2 aromatic rings. The van der Waals surface area contributed by atoms with E-state index >= 15 is 0 Å². The first-order valence-electron chi connectivity index (χ1n) is 6.22. The van der Waals surface area contributed by atoms with Crippen molar-refractivity contribution in [2.45, 2.75) is 10.1 Å². The minimum atomic E-state index is -0.355. The van der Waals surface area contributed by atoms with E-state index in [0.29, 0.717) is 0 Å². The standard InChI is InChI=1S/C16H14N2OS/c17-11-12-18-16(19)15(13-7-3-1-4-8-13)20-14-9-5-2-6-10-14/h1-10,15H,12H2,(H,18,19)/t15-/m0/s1. The fraction of sp³-hybridized carbons (Fsp3) is 0.125. The van der Waals surface area contributed by atoms with Crippen LogP contribution in [0.25, 0.3) is 0 Å². The zero-order chi connectivity index (χ0) is 14.2. The smallest absolute Gasteiger partial charge is 0.238 e. The quantitative estimate of drug-likeness (QED) is 0.677. The topological polar surface area (TPSA) is 52.9 Å². The van der Waals surface area contributed by atoms with Crippen LogP contribution in [0.15, 0.2) is 65.6 Å². The van der Waals surface area contributed by atoms with Crippen molar-refractivity contribution in [3.63, 3.8) is 0 Å². The van der Waals surface area contributed by atoms with Crippen LogP contribution in [0.2, 0.25) is 0 Å². The molecule has 0 unspecified atom stereocenters. The number of amides is 1. The summed E-state index contributed by atoms with van der Waals surface area (Å²) in [5, 5.41) is 10.9. The zero-order valence-electron chi connectivity index (χ0n) is 10.8. The van der Waals surface area contributed by atoms with E-state index in [-0.39, 0.29) is 17.7 Å². The number of nitriles is 1. The Bertz CT molecular complexity index is 593. The minimum Gasteiger partial charge on any atom is -0.342 e. The van der Waals surface area contributed by atoms with Crippen molar-refractivity contribution >= 4 is 17.7 Å². The predicted molar refractivity (Wildman–Crippen MR) is 80.1 cm³/mol. The van der Waals surface area contributed by atoms with Crippen molar-refractivity contribution < 1.29 is 4.79 Å². The van der Waals surface area contributed by atoms with Crippen molar-refractivity contribution in [3.05, 3.63) is 66.2 Å². The monoisotopic (exact) mass is 282 g/mol. The van der Waals surface area contributed by atoms with Crippen LogP contribution in [0, 0.1) is 11.3 Å². The van der Waals surface area contributed by atoms with Crippen LogP contribution in [-0.2, 0) is 4.79 Å². The number of nitrogens with one attached hydrogen (secondary N) is 1. The number of thioether (sulfide) groups is 1. The molecule has 0 radical (unpaired) electrons. The van der Waals surface area contributed by atoms with Gasteiger partial charge in [-0.2, -0.15) is 5.26 Å². The normalized spacial score (nSPS) is 11.3. The third kappa shape index (κ3) is 3.87. The molecule has 0 spiro atoms. The Hall–Kier alpha value is -2.25. The highest BCUT2D eigenvalue weighted by atomic mass is 32.2. The van der Waals surface area contributed by atoms with Gasteiger partial charge in [-0.3, -0.25) is 4.79 Å². The molecule has 4 heteroatoms. The molecule has 0 aliphatic rings. The van der Waals surface area contributed by atoms with E-state index in [1.165, 1.54) is 11.8 Å². The average molecular weight is 282 g/mol. The SMILES string of the molecule is N#CCNC(=O)[C@@H](Sc1ccccc1)c1ccccc1. The van der Waals surface area contributed by atoms with Gasteiger partial charge in [-0.15, -0.1) is 11.8 Å². The second kappa shape index (κ2) is 7.37. The van der Waals surface area contributed by atoms with Gasteiger partial charge in [0.05, 0.1) is 6.07 Å². The molecule has 20 heavy (non-hydrogen) atoms. The van der Waals surface area contributed by atoms with Crippen molar-refractivity contribution in [1.29, 1.82) is 5.26 Å². The Morgan fingerprint density at radius 2 is 1.70 bits per heavy atom. The molecule has 3 nitrogen and oxygen atoms in total. The van der Waals surface area contributed by atoms with Gasteiger partial charge in [-0.25, -0.2) is 0 Å². The van der Waals surface area contributed by atoms with E-state index in [9.17, 15) is 4.79 Å². The second-order valence-electron chi connectivity index (χ2n) is 4.10. The van der Waals surface area contributed by atoms with Gasteiger partial charge in [-0.1, -0.05) is 48.5 Å². The van der Waals surface area contributed by atoms with Crippen LogP contribution in [-0.4, -0.2) is 12.5 Å². The summed E-state index contributed by atoms with van der Waals surface area (Å²) < 4.78 is 0. The maximum atomic E-state index is 12.2. The lowest BCUT2D eigenvalue weighted by Gasteiger charge is -2.16. The van der Waals surface area contributed by atoms with Crippen LogP contribution in [0.4, 0.5) is 0 Å². The first-order chi connectivity index (χ1) is 9.81. The van der Waals surface area contributed by atoms with Crippen LogP contribution in [0.3, 0.4) is 0 Å². The number of hydrogen-bond donors (Lipinski definition) is 1. The molecular formula is C16H14N2OS. The van der Waals surface area contributed by atoms with Crippen molar-refractivity contribution in [2.75, 3.05) is 6.54 Å². The number of hydrogen-bond acceptors (Lipinski definition) is 3. The zero-order valence-corrected chi connectivity index (χ0v) is 11.6. The first kappa shape index (κ1) is 14.2. The van der Waals surface area contributed by atoms with Gasteiger partial charge in [0.1, 0.15) is 11.8 Å². The van der Waals surface area contributed by atoms with Gasteiger partial charge in [0.15, 0.2) is 0 Å². The Morgan fingerprint density at radius 3 is 2.30 bits per heavy atom. The maximum absolute atomic E-state index is 12.2. The summed E-state index contributed by atoms with van der Waals surface area (Å²) in [6.45, 7) is 0.0253. The van der Waals surface area contributed by atoms with Crippen molar-refractivity contribution in [3.8, 4) is 6.07 Å². The van der Waals surface area contributed by atoms with E-state index in [0.717, 1.165) is 10.5 Å². The van der Waals surface area contributed by atoms with Gasteiger partial charge < -0.3 is 5.32 Å². The van der Waals surface area contributed by atoms with Gasteiger partial charge in [0, 0.05) is 4.90 Å². The molecule has 100 valence electrons. The lowest BCUT2D eigenvalue weighted by atomic mass is 10.1. The molecule has 0 saturated heterocycles. The van der Waals surface area contributed by atoms with E-state index in [2.05, 4.69) is 5.32 Å². The Morgan fingerprint density at radius 1 is 1.10 bits per heavy atom. The van der Waals surface area contributed by atoms with Crippen molar-refractivity contribution in [1.82, 2.24) is 5.32 Å². The van der Waals surface area contributed by atoms with Crippen LogP contribution < -0.4 is 5.32 Å². The molecule has 0 heterocycles. The largest absolute Gasteiger partial charge is 0.342 e. The molecular weight excluding hydrogens is 268 g/mol. The van der Waals surface area contributed by atoms with Crippen molar-refractivity contribution in [2.24, 2.45) is 0 Å². The maximum Gasteiger partial charge on any atom is 0.238 e. The summed E-state index contributed by atoms with van der Waals surface area (Å²) in [6.07, 6.45) is 0. The highest BCUT2D eigenvalue weighted by molar-refractivity contribution is 8.00. The van der Waals surface area contributed by atoms with Crippen LogP contribution in [0.1, 0.15) is 10.8 Å². The molecule has 1 amide bonds. The molecule has 1 atom stereocenters. The summed E-state index contributed by atoms with van der Waals surface area (Å²) in [5.74, 6) is -0.147. The van der Waals surface area contributed by atoms with Crippen LogP contribution >= 0.6 is 11.8 Å². The van der Waals surface area contributed by atoms with E-state index in [1.54, 1.807) is 0 Å². The molecule has 0 aliphatic carbocycles. The number of benzene rings is 2. The third-order valence-corrected chi connectivity index (χ3v) is 3.95. The highest BCUT2D eigenvalue weighted by Crippen LogP contribution is 2.35. The van der Waals surface area contributed by atoms with E-state index in [4.69, 9.17) is 5.26 Å². The highest BCUT2D eigenvalue weighted by Gasteiger charge is 2.21. The Balaban J connectivity index is 2.21. The van der Waals surface area contributed by atoms with Gasteiger partial charge in [0.2, 0.25) is 5.91 Å². The Kier molecular flexibility index (Phi) is 5.22. The summed E-state index contributed by atoms with van der Waals surface area (Å²) in [5.41, 5.74) is 0.928. The number of rotatable bonds is 5. The third-order valence-electron chi connectivity index (χ3n) is 2.68. The summed E-state index contributed by atoms with van der Waals surface area (Å²) >= 11 is 1.48. The lowest BCUT2D eigenvalue weighted by molar-refractivity contribution is -0.120. The summed E-state index contributed by atoms with van der Waals surface area (Å²) in [6, 6.07) is 21.3. The fourth-order valence-electron chi connectivity index (χ4n) is 1.76. The lowest BCUT2D eigenvalue weighted by Crippen LogP contribution is -2.28. The molecule has 0 aromatic heterocycles. The van der Waals surface area contributed by atoms with Gasteiger partial charge >= 0.3 is 0 Å². The molecule has 0 saturated carbocycles. The van der Waals surface area contributed by atoms with Gasteiger partial charge in [-0.05, 0) is 17.7 Å². The van der Waals surface area contributed by atoms with E-state index < -0.39 is 0 Å². The summed E-state index contributed by atoms with van der Waals surface area (Å²) in [4.78, 5) is 13.2. The van der Waals surface area contributed by atoms with E-state index in [1.807, 2.05) is 66.7 Å². The number of carbonyl (C=O) groups excluding carboxylic acids is 1. The van der Waals surface area contributed by atoms with Crippen LogP contribution in [0.5, 0.6) is 0 Å². The first-order valence-corrected chi connectivity index (χ1v) is 7.10. The second-order valence-corrected chi connectivity index (χ2v) is 5.28. The molecule has 0 fully saturated rings. The molecule has 0 bridgehead atoms. The number of carbonyl (C=O) groups is 1. The minimum absolute atomic E-state index is 0.0253. The fourth-order valence-corrected chi connectivity index (χ4v) is 2.83. The number of nitrogens with zero attached hydrogens (tertiary/aromatic N) is 1. The Labute approximate surface area is 122 Å². The predicted octanol–water partition coefficient (Wildman–Crippen LogP) is 3.16. The molecule has 0 aliphatic heterocycles. The molecule has 2 aromatic carbocycles. The molecule has 2 rings (SSSR count). The summed E-state index contributed by atoms with van der Waals surface area (Å²) in [7, 11) is 0. The molecule has 1 N–H and O–H groups in total.